The maximum absolute atomic E-state index is 12.1. The third kappa shape index (κ3) is 3.00. The number of sulfonamides is 1. The Morgan fingerprint density at radius 2 is 1.74 bits per heavy atom. The van der Waals surface area contributed by atoms with Crippen molar-refractivity contribution in [1.82, 2.24) is 9.97 Å². The first kappa shape index (κ1) is 13.3. The number of nitrogens with one attached hydrogen (secondary N) is 1. The molecule has 0 aliphatic heterocycles. The van der Waals surface area contributed by atoms with E-state index in [-0.39, 0.29) is 10.8 Å². The molecule has 0 aliphatic rings. The zero-order chi connectivity index (χ0) is 14.0. The molecule has 0 atom stereocenters. The van der Waals surface area contributed by atoms with Crippen LogP contribution in [0.4, 0.5) is 11.6 Å². The molecule has 1 aromatic heterocycles. The van der Waals surface area contributed by atoms with Gasteiger partial charge in [-0.1, -0.05) is 6.07 Å². The molecule has 0 spiro atoms. The van der Waals surface area contributed by atoms with E-state index in [2.05, 4.69) is 14.7 Å². The smallest absolute Gasteiger partial charge is 0.264 e. The Morgan fingerprint density at radius 3 is 2.32 bits per heavy atom. The van der Waals surface area contributed by atoms with E-state index < -0.39 is 10.0 Å². The van der Waals surface area contributed by atoms with Gasteiger partial charge in [0, 0.05) is 5.69 Å². The van der Waals surface area contributed by atoms with Crippen LogP contribution in [0.25, 0.3) is 0 Å². The number of anilines is 2. The Balaban J connectivity index is 2.30. The van der Waals surface area contributed by atoms with E-state index in [1.54, 1.807) is 12.1 Å². The van der Waals surface area contributed by atoms with Gasteiger partial charge in [-0.3, -0.25) is 4.72 Å². The molecular formula is C12H14N4O2S. The lowest BCUT2D eigenvalue weighted by molar-refractivity contribution is 0.600. The normalized spacial score (nSPS) is 11.3. The molecule has 100 valence electrons. The summed E-state index contributed by atoms with van der Waals surface area (Å²) in [7, 11) is -3.69. The topological polar surface area (TPSA) is 98.0 Å². The van der Waals surface area contributed by atoms with Crippen LogP contribution in [-0.4, -0.2) is 18.4 Å². The monoisotopic (exact) mass is 278 g/mol. The summed E-state index contributed by atoms with van der Waals surface area (Å²) in [6.07, 6.45) is 2.34. The second-order valence-corrected chi connectivity index (χ2v) is 5.86. The molecule has 0 saturated heterocycles. The summed E-state index contributed by atoms with van der Waals surface area (Å²) in [6.45, 7) is 3.88. The molecule has 0 saturated carbocycles. The molecule has 0 aliphatic carbocycles. The number of hydrogen-bond acceptors (Lipinski definition) is 5. The number of aromatic nitrogens is 2. The van der Waals surface area contributed by atoms with Crippen LogP contribution >= 0.6 is 0 Å². The highest BCUT2D eigenvalue weighted by atomic mass is 32.2. The fourth-order valence-corrected chi connectivity index (χ4v) is 2.42. The minimum atomic E-state index is -3.69. The SMILES string of the molecule is Cc1ccc(NS(=O)(=O)c2cnc(N)nc2)cc1C. The van der Waals surface area contributed by atoms with Gasteiger partial charge in [0.25, 0.3) is 10.0 Å². The van der Waals surface area contributed by atoms with E-state index in [1.807, 2.05) is 19.9 Å². The molecule has 0 radical (unpaired) electrons. The summed E-state index contributed by atoms with van der Waals surface area (Å²) in [5.74, 6) is 0.0325. The van der Waals surface area contributed by atoms with E-state index in [9.17, 15) is 8.42 Å². The van der Waals surface area contributed by atoms with E-state index in [1.165, 1.54) is 12.4 Å². The first-order valence-electron chi connectivity index (χ1n) is 5.56. The Bertz CT molecular complexity index is 696. The number of benzene rings is 1. The Morgan fingerprint density at radius 1 is 1.11 bits per heavy atom. The van der Waals surface area contributed by atoms with Gasteiger partial charge in [0.15, 0.2) is 0 Å². The molecule has 19 heavy (non-hydrogen) atoms. The Hall–Kier alpha value is -2.15. The first-order valence-corrected chi connectivity index (χ1v) is 7.04. The summed E-state index contributed by atoms with van der Waals surface area (Å²) in [4.78, 5) is 7.30. The molecule has 1 aromatic carbocycles. The molecule has 0 amide bonds. The molecule has 0 unspecified atom stereocenters. The van der Waals surface area contributed by atoms with Gasteiger partial charge in [-0.25, -0.2) is 18.4 Å². The van der Waals surface area contributed by atoms with Crippen molar-refractivity contribution in [2.24, 2.45) is 0 Å². The third-order valence-corrected chi connectivity index (χ3v) is 4.05. The largest absolute Gasteiger partial charge is 0.368 e. The van der Waals surface area contributed by atoms with Gasteiger partial charge >= 0.3 is 0 Å². The lowest BCUT2D eigenvalue weighted by atomic mass is 10.1. The molecule has 3 N–H and O–H groups in total. The maximum atomic E-state index is 12.1. The molecule has 2 aromatic rings. The quantitative estimate of drug-likeness (QED) is 0.886. The number of rotatable bonds is 3. The van der Waals surface area contributed by atoms with Crippen molar-refractivity contribution in [2.45, 2.75) is 18.7 Å². The average Bonchev–Trinajstić information content (AvgIpc) is 2.34. The fourth-order valence-electron chi connectivity index (χ4n) is 1.48. The van der Waals surface area contributed by atoms with Gasteiger partial charge in [-0.15, -0.1) is 0 Å². The first-order chi connectivity index (χ1) is 8.88. The highest BCUT2D eigenvalue weighted by Gasteiger charge is 2.15. The number of nitrogens with zero attached hydrogens (tertiary/aromatic N) is 2. The lowest BCUT2D eigenvalue weighted by Crippen LogP contribution is -2.14. The summed E-state index contributed by atoms with van der Waals surface area (Å²) in [5, 5.41) is 0. The van der Waals surface area contributed by atoms with Crippen molar-refractivity contribution in [3.63, 3.8) is 0 Å². The van der Waals surface area contributed by atoms with Crippen molar-refractivity contribution in [1.29, 1.82) is 0 Å². The van der Waals surface area contributed by atoms with Crippen LogP contribution in [0.2, 0.25) is 0 Å². The van der Waals surface area contributed by atoms with Gasteiger partial charge in [-0.05, 0) is 37.1 Å². The number of nitrogen functional groups attached to an aromatic ring is 1. The summed E-state index contributed by atoms with van der Waals surface area (Å²) in [6, 6.07) is 5.33. The lowest BCUT2D eigenvalue weighted by Gasteiger charge is -2.09. The molecule has 7 heteroatoms. The van der Waals surface area contributed by atoms with Crippen LogP contribution in [0, 0.1) is 13.8 Å². The molecule has 6 nitrogen and oxygen atoms in total. The zero-order valence-corrected chi connectivity index (χ0v) is 11.4. The predicted molar refractivity (Wildman–Crippen MR) is 73.2 cm³/mol. The molecule has 0 bridgehead atoms. The highest BCUT2D eigenvalue weighted by Crippen LogP contribution is 2.18. The van der Waals surface area contributed by atoms with Crippen molar-refractivity contribution in [3.05, 3.63) is 41.7 Å². The van der Waals surface area contributed by atoms with Crippen molar-refractivity contribution in [3.8, 4) is 0 Å². The van der Waals surface area contributed by atoms with Crippen LogP contribution in [0.15, 0.2) is 35.5 Å². The van der Waals surface area contributed by atoms with Crippen LogP contribution < -0.4 is 10.5 Å². The number of hydrogen-bond donors (Lipinski definition) is 2. The van der Waals surface area contributed by atoms with Gasteiger partial charge in [-0.2, -0.15) is 0 Å². The van der Waals surface area contributed by atoms with E-state index >= 15 is 0 Å². The Kier molecular flexibility index (Phi) is 3.39. The van der Waals surface area contributed by atoms with Gasteiger partial charge in [0.05, 0.1) is 12.4 Å². The summed E-state index contributed by atoms with van der Waals surface area (Å²) in [5.41, 5.74) is 7.93. The van der Waals surface area contributed by atoms with Crippen LogP contribution in [0.1, 0.15) is 11.1 Å². The van der Waals surface area contributed by atoms with E-state index in [0.29, 0.717) is 5.69 Å². The predicted octanol–water partition coefficient (Wildman–Crippen LogP) is 1.48. The number of nitrogens with two attached hydrogens (primary N) is 1. The second kappa shape index (κ2) is 4.85. The van der Waals surface area contributed by atoms with Crippen LogP contribution in [-0.2, 0) is 10.0 Å². The van der Waals surface area contributed by atoms with Crippen molar-refractivity contribution < 1.29 is 8.42 Å². The van der Waals surface area contributed by atoms with Gasteiger partial charge in [0.1, 0.15) is 4.90 Å². The maximum Gasteiger partial charge on any atom is 0.264 e. The third-order valence-electron chi connectivity index (χ3n) is 2.72. The summed E-state index contributed by atoms with van der Waals surface area (Å²) < 4.78 is 26.6. The second-order valence-electron chi connectivity index (χ2n) is 4.18. The van der Waals surface area contributed by atoms with Crippen molar-refractivity contribution >= 4 is 21.7 Å². The van der Waals surface area contributed by atoms with Crippen molar-refractivity contribution in [2.75, 3.05) is 10.5 Å². The minimum absolute atomic E-state index is 0.0278. The van der Waals surface area contributed by atoms with Crippen LogP contribution in [0.5, 0.6) is 0 Å². The molecular weight excluding hydrogens is 264 g/mol. The molecule has 1 heterocycles. The van der Waals surface area contributed by atoms with E-state index in [0.717, 1.165) is 11.1 Å². The summed E-state index contributed by atoms with van der Waals surface area (Å²) >= 11 is 0. The standard InChI is InChI=1S/C12H14N4O2S/c1-8-3-4-10(5-9(8)2)16-19(17,18)11-6-14-12(13)15-7-11/h3-7,16H,1-2H3,(H2,13,14,15). The zero-order valence-electron chi connectivity index (χ0n) is 10.6. The van der Waals surface area contributed by atoms with Crippen LogP contribution in [0.3, 0.4) is 0 Å². The Labute approximate surface area is 111 Å². The molecule has 0 fully saturated rings. The fraction of sp³-hybridized carbons (Fsp3) is 0.167. The van der Waals surface area contributed by atoms with E-state index in [4.69, 9.17) is 5.73 Å². The van der Waals surface area contributed by atoms with Gasteiger partial charge in [0.2, 0.25) is 5.95 Å². The number of aryl methyl sites for hydroxylation is 2. The average molecular weight is 278 g/mol. The minimum Gasteiger partial charge on any atom is -0.368 e. The highest BCUT2D eigenvalue weighted by molar-refractivity contribution is 7.92. The molecule has 2 rings (SSSR count). The van der Waals surface area contributed by atoms with Gasteiger partial charge < -0.3 is 5.73 Å².